The molecule has 0 atom stereocenters. The van der Waals surface area contributed by atoms with Gasteiger partial charge < -0.3 is 23.3 Å². The molecule has 0 aromatic carbocycles. The maximum Gasteiger partial charge on any atom is 0.275 e. The summed E-state index contributed by atoms with van der Waals surface area (Å²) in [6.07, 6.45) is 4.60. The van der Waals surface area contributed by atoms with E-state index < -0.39 is 34.0 Å². The standard InChI is InChI=1S/C20H46N2O4Si4/c1-8-27(24)18-30(19-28(25)9-2,26-29(5,6)7)17-13-15-21-20(23)14-11-10-12-16-22(3)4/h8-19H2,1-7H3,(H,21,23)/p+1. The van der Waals surface area contributed by atoms with Gasteiger partial charge in [-0.1, -0.05) is 13.8 Å². The largest absolute Gasteiger partial charge is 0.455 e. The number of hydrogen-bond donors (Lipinski definition) is 2. The van der Waals surface area contributed by atoms with Crippen LogP contribution in [0.4, 0.5) is 0 Å². The summed E-state index contributed by atoms with van der Waals surface area (Å²) < 4.78 is 31.8. The van der Waals surface area contributed by atoms with Crippen LogP contribution in [0.5, 0.6) is 0 Å². The third-order valence-electron chi connectivity index (χ3n) is 5.06. The van der Waals surface area contributed by atoms with E-state index in [1.165, 1.54) is 4.90 Å². The minimum absolute atomic E-state index is 0.120. The van der Waals surface area contributed by atoms with E-state index in [1.54, 1.807) is 0 Å². The second-order valence-corrected chi connectivity index (χ2v) is 24.1. The second kappa shape index (κ2) is 15.6. The summed E-state index contributed by atoms with van der Waals surface area (Å²) in [6.45, 7) is 12.2. The van der Waals surface area contributed by atoms with Crippen LogP contribution in [-0.2, 0) is 17.8 Å². The third-order valence-corrected chi connectivity index (χ3v) is 20.4. The lowest BCUT2D eigenvalue weighted by molar-refractivity contribution is -0.858. The van der Waals surface area contributed by atoms with Crippen molar-refractivity contribution < 1.29 is 22.7 Å². The topological polar surface area (TPSA) is 76.9 Å². The zero-order valence-electron chi connectivity index (χ0n) is 20.6. The van der Waals surface area contributed by atoms with Crippen LogP contribution in [0.2, 0.25) is 49.1 Å². The lowest BCUT2D eigenvalue weighted by Crippen LogP contribution is -3.05. The average Bonchev–Trinajstić information content (AvgIpc) is 2.63. The Morgan fingerprint density at radius 3 is 1.97 bits per heavy atom. The predicted octanol–water partition coefficient (Wildman–Crippen LogP) is 2.96. The fourth-order valence-electron chi connectivity index (χ4n) is 3.65. The van der Waals surface area contributed by atoms with Crippen LogP contribution in [0.3, 0.4) is 0 Å². The number of unbranched alkanes of at least 4 members (excludes halogenated alkanes) is 2. The minimum atomic E-state index is -2.34. The average molecular weight is 492 g/mol. The van der Waals surface area contributed by atoms with Gasteiger partial charge in [-0.05, 0) is 63.5 Å². The van der Waals surface area contributed by atoms with Gasteiger partial charge in [-0.2, -0.15) is 0 Å². The smallest absolute Gasteiger partial charge is 0.275 e. The van der Waals surface area contributed by atoms with Crippen molar-refractivity contribution in [2.24, 2.45) is 0 Å². The van der Waals surface area contributed by atoms with Crippen molar-refractivity contribution in [2.75, 3.05) is 27.2 Å². The molecule has 6 nitrogen and oxygen atoms in total. The summed E-state index contributed by atoms with van der Waals surface area (Å²) >= 11 is 0. The Morgan fingerprint density at radius 2 is 1.50 bits per heavy atom. The van der Waals surface area contributed by atoms with Crippen molar-refractivity contribution in [3.05, 3.63) is 0 Å². The van der Waals surface area contributed by atoms with Crippen molar-refractivity contribution in [1.29, 1.82) is 0 Å². The first-order valence-electron chi connectivity index (χ1n) is 11.7. The fourth-order valence-corrected chi connectivity index (χ4v) is 22.7. The van der Waals surface area contributed by atoms with Crippen LogP contribution in [-0.4, -0.2) is 67.1 Å². The van der Waals surface area contributed by atoms with E-state index in [4.69, 9.17) is 4.12 Å². The molecular formula is C20H47N2O4Si4+. The van der Waals surface area contributed by atoms with Crippen LogP contribution in [0.1, 0.15) is 46.0 Å². The molecule has 0 aliphatic rings. The van der Waals surface area contributed by atoms with Crippen molar-refractivity contribution in [3.8, 4) is 0 Å². The molecule has 0 aliphatic heterocycles. The molecule has 0 saturated heterocycles. The van der Waals surface area contributed by atoms with E-state index in [2.05, 4.69) is 39.1 Å². The Balaban J connectivity index is 4.73. The molecule has 30 heavy (non-hydrogen) atoms. The number of carbonyl (C=O) groups excluding carboxylic acids is 1. The van der Waals surface area contributed by atoms with Gasteiger partial charge in [-0.15, -0.1) is 0 Å². The van der Waals surface area contributed by atoms with Crippen LogP contribution >= 0.6 is 0 Å². The van der Waals surface area contributed by atoms with E-state index in [0.29, 0.717) is 36.4 Å². The highest BCUT2D eigenvalue weighted by molar-refractivity contribution is 6.94. The van der Waals surface area contributed by atoms with Gasteiger partial charge in [-0.3, -0.25) is 4.79 Å². The normalized spacial score (nSPS) is 12.3. The van der Waals surface area contributed by atoms with Crippen LogP contribution < -0.4 is 10.2 Å². The van der Waals surface area contributed by atoms with Gasteiger partial charge in [0.05, 0.1) is 20.6 Å². The van der Waals surface area contributed by atoms with E-state index >= 15 is 0 Å². The summed E-state index contributed by atoms with van der Waals surface area (Å²) in [5.74, 6) is 0.120. The Labute approximate surface area is 190 Å². The molecule has 0 heterocycles. The summed E-state index contributed by atoms with van der Waals surface area (Å²) in [7, 11) is -3.26. The summed E-state index contributed by atoms with van der Waals surface area (Å²) in [5, 5.41) is 3.05. The molecule has 0 spiro atoms. The summed E-state index contributed by atoms with van der Waals surface area (Å²) in [6, 6.07) is 2.22. The van der Waals surface area contributed by atoms with Crippen molar-refractivity contribution >= 4 is 39.9 Å². The van der Waals surface area contributed by atoms with Gasteiger partial charge in [0.1, 0.15) is 0 Å². The number of nitrogens with one attached hydrogen (secondary N) is 2. The highest BCUT2D eigenvalue weighted by Crippen LogP contribution is 2.29. The van der Waals surface area contributed by atoms with E-state index in [9.17, 15) is 13.7 Å². The molecule has 0 aromatic heterocycles. The molecule has 0 aliphatic carbocycles. The van der Waals surface area contributed by atoms with Crippen molar-refractivity contribution in [2.45, 2.75) is 95.1 Å². The van der Waals surface area contributed by atoms with Crippen LogP contribution in [0.25, 0.3) is 0 Å². The molecule has 0 fully saturated rings. The van der Waals surface area contributed by atoms with Gasteiger partial charge in [0.15, 0.2) is 16.6 Å². The first kappa shape index (κ1) is 29.9. The van der Waals surface area contributed by atoms with Gasteiger partial charge in [0.2, 0.25) is 5.91 Å². The molecule has 0 saturated carbocycles. The summed E-state index contributed by atoms with van der Waals surface area (Å²) in [5.41, 5.74) is 1.30. The molecule has 2 N–H and O–H groups in total. The molecule has 0 bridgehead atoms. The Bertz CT molecular complexity index is 521. The van der Waals surface area contributed by atoms with Gasteiger partial charge in [-0.25, -0.2) is 0 Å². The van der Waals surface area contributed by atoms with Gasteiger partial charge in [0.25, 0.3) is 17.4 Å². The summed E-state index contributed by atoms with van der Waals surface area (Å²) in [4.78, 5) is 13.6. The van der Waals surface area contributed by atoms with Crippen LogP contribution in [0, 0.1) is 0 Å². The molecule has 176 valence electrons. The molecule has 10 heteroatoms. The molecule has 0 rings (SSSR count). The first-order valence-corrected chi connectivity index (χ1v) is 21.3. The number of rotatable bonds is 18. The molecule has 1 amide bonds. The van der Waals surface area contributed by atoms with Crippen LogP contribution in [0.15, 0.2) is 0 Å². The van der Waals surface area contributed by atoms with E-state index in [0.717, 1.165) is 38.3 Å². The maximum atomic E-state index is 12.5. The monoisotopic (exact) mass is 491 g/mol. The highest BCUT2D eigenvalue weighted by Gasteiger charge is 2.42. The Kier molecular flexibility index (Phi) is 15.6. The van der Waals surface area contributed by atoms with Gasteiger partial charge in [0, 0.05) is 24.3 Å². The maximum absolute atomic E-state index is 12.5. The van der Waals surface area contributed by atoms with E-state index in [1.807, 2.05) is 13.8 Å². The zero-order valence-corrected chi connectivity index (χ0v) is 24.6. The Hall–Kier alpha value is -0.142. The zero-order chi connectivity index (χ0) is 23.2. The lowest BCUT2D eigenvalue weighted by Gasteiger charge is -2.37. The quantitative estimate of drug-likeness (QED) is 0.228. The number of quaternary nitrogens is 1. The fraction of sp³-hybridized carbons (Fsp3) is 0.950. The molecule has 0 aromatic rings. The predicted molar refractivity (Wildman–Crippen MR) is 132 cm³/mol. The first-order chi connectivity index (χ1) is 13.9. The van der Waals surface area contributed by atoms with Gasteiger partial charge >= 0.3 is 0 Å². The molecule has 0 unspecified atom stereocenters. The number of carbonyl (C=O) groups is 1. The van der Waals surface area contributed by atoms with Crippen molar-refractivity contribution in [1.82, 2.24) is 5.32 Å². The number of amides is 1. The lowest BCUT2D eigenvalue weighted by atomic mass is 10.2. The minimum Gasteiger partial charge on any atom is -0.455 e. The second-order valence-electron chi connectivity index (χ2n) is 9.76. The highest BCUT2D eigenvalue weighted by atomic mass is 28.5. The number of hydrogen-bond acceptors (Lipinski definition) is 4. The molecule has 0 radical (unpaired) electrons. The molecular weight excluding hydrogens is 445 g/mol. The van der Waals surface area contributed by atoms with Crippen molar-refractivity contribution in [3.63, 3.8) is 0 Å². The van der Waals surface area contributed by atoms with E-state index in [-0.39, 0.29) is 5.91 Å². The third kappa shape index (κ3) is 15.6. The Morgan fingerprint density at radius 1 is 0.933 bits per heavy atom. The SMILES string of the molecule is CC[Si](=O)C[Si](CCCNC(=O)CCCCC[NH+](C)C)(C[Si](=O)CC)O[Si](C)(C)C.